The number of hydrogen-bond donors (Lipinski definition) is 0. The molecule has 0 bridgehead atoms. The van der Waals surface area contributed by atoms with E-state index in [-0.39, 0.29) is 0 Å². The van der Waals surface area contributed by atoms with Gasteiger partial charge in [-0.15, -0.1) is 0 Å². The maximum absolute atomic E-state index is 5.88. The Morgan fingerprint density at radius 2 is 1.70 bits per heavy atom. The Hall–Kier alpha value is -2.61. The van der Waals surface area contributed by atoms with Crippen molar-refractivity contribution < 1.29 is 4.42 Å². The summed E-state index contributed by atoms with van der Waals surface area (Å²) >= 11 is 0. The van der Waals surface area contributed by atoms with E-state index in [4.69, 9.17) is 4.42 Å². The molecule has 0 atom stereocenters. The summed E-state index contributed by atoms with van der Waals surface area (Å²) in [5.74, 6) is 0.806. The Bertz CT molecular complexity index is 813. The zero-order chi connectivity index (χ0) is 13.8. The van der Waals surface area contributed by atoms with E-state index in [0.717, 1.165) is 22.2 Å². The highest BCUT2D eigenvalue weighted by Gasteiger charge is 2.00. The summed E-state index contributed by atoms with van der Waals surface area (Å²) in [6, 6.07) is 20.0. The van der Waals surface area contributed by atoms with Crippen molar-refractivity contribution in [2.75, 3.05) is 0 Å². The van der Waals surface area contributed by atoms with Crippen molar-refractivity contribution >= 4 is 22.5 Å². The third-order valence-electron chi connectivity index (χ3n) is 3.02. The van der Waals surface area contributed by atoms with E-state index in [1.54, 1.807) is 0 Å². The number of para-hydroxylation sites is 1. The molecule has 20 heavy (non-hydrogen) atoms. The van der Waals surface area contributed by atoms with Crippen molar-refractivity contribution in [1.29, 1.82) is 0 Å². The van der Waals surface area contributed by atoms with Gasteiger partial charge in [0.05, 0.1) is 5.69 Å². The van der Waals surface area contributed by atoms with E-state index in [0.29, 0.717) is 5.55 Å². The summed E-state index contributed by atoms with van der Waals surface area (Å²) in [5, 5.41) is 2.14. The highest BCUT2D eigenvalue weighted by molar-refractivity contribution is 5.82. The average molecular weight is 261 g/mol. The second kappa shape index (κ2) is 5.57. The van der Waals surface area contributed by atoms with E-state index in [9.17, 15) is 0 Å². The SMILES string of the molecule is C/C=C/c1cc2ccccc2c(=Nc2ccccc2)o1. The number of allylic oxidation sites excluding steroid dienone is 1. The Labute approximate surface area is 117 Å². The fourth-order valence-corrected chi connectivity index (χ4v) is 2.12. The Balaban J connectivity index is 2.30. The van der Waals surface area contributed by atoms with E-state index < -0.39 is 0 Å². The summed E-state index contributed by atoms with van der Waals surface area (Å²) in [6.45, 7) is 1.97. The Kier molecular flexibility index (Phi) is 3.46. The third kappa shape index (κ3) is 2.54. The van der Waals surface area contributed by atoms with Gasteiger partial charge in [-0.2, -0.15) is 0 Å². The van der Waals surface area contributed by atoms with Crippen molar-refractivity contribution in [3.63, 3.8) is 0 Å². The molecule has 2 heteroatoms. The highest BCUT2D eigenvalue weighted by atomic mass is 16.3. The minimum atomic E-state index is 0.641. The monoisotopic (exact) mass is 261 g/mol. The summed E-state index contributed by atoms with van der Waals surface area (Å²) < 4.78 is 5.88. The van der Waals surface area contributed by atoms with Gasteiger partial charge in [0, 0.05) is 5.39 Å². The average Bonchev–Trinajstić information content (AvgIpc) is 2.49. The quantitative estimate of drug-likeness (QED) is 0.656. The van der Waals surface area contributed by atoms with Crippen molar-refractivity contribution in [3.05, 3.63) is 78.1 Å². The molecule has 0 amide bonds. The van der Waals surface area contributed by atoms with E-state index in [1.165, 1.54) is 0 Å². The highest BCUT2D eigenvalue weighted by Crippen LogP contribution is 2.15. The minimum Gasteiger partial charge on any atom is -0.438 e. The molecule has 0 aliphatic rings. The van der Waals surface area contributed by atoms with Gasteiger partial charge < -0.3 is 4.42 Å². The number of nitrogens with zero attached hydrogens (tertiary/aromatic N) is 1. The first kappa shape index (κ1) is 12.4. The molecule has 0 fully saturated rings. The predicted molar refractivity (Wildman–Crippen MR) is 82.6 cm³/mol. The van der Waals surface area contributed by atoms with Crippen molar-refractivity contribution in [1.82, 2.24) is 0 Å². The van der Waals surface area contributed by atoms with Crippen LogP contribution in [0.2, 0.25) is 0 Å². The van der Waals surface area contributed by atoms with Crippen LogP contribution in [0, 0.1) is 0 Å². The van der Waals surface area contributed by atoms with Crippen LogP contribution in [0.5, 0.6) is 0 Å². The van der Waals surface area contributed by atoms with Crippen LogP contribution in [0.4, 0.5) is 5.69 Å². The predicted octanol–water partition coefficient (Wildman–Crippen LogP) is 4.70. The van der Waals surface area contributed by atoms with Crippen molar-refractivity contribution in [3.8, 4) is 0 Å². The van der Waals surface area contributed by atoms with Gasteiger partial charge in [0.25, 0.3) is 0 Å². The first-order valence-electron chi connectivity index (χ1n) is 6.62. The lowest BCUT2D eigenvalue weighted by Crippen LogP contribution is -2.02. The maximum Gasteiger partial charge on any atom is 0.227 e. The smallest absolute Gasteiger partial charge is 0.227 e. The van der Waals surface area contributed by atoms with E-state index >= 15 is 0 Å². The molecule has 0 aliphatic heterocycles. The lowest BCUT2D eigenvalue weighted by atomic mass is 10.1. The molecule has 1 heterocycles. The van der Waals surface area contributed by atoms with Crippen molar-refractivity contribution in [2.45, 2.75) is 6.92 Å². The molecule has 0 spiro atoms. The van der Waals surface area contributed by atoms with E-state index in [1.807, 2.05) is 73.7 Å². The molecule has 98 valence electrons. The van der Waals surface area contributed by atoms with Crippen LogP contribution in [-0.2, 0) is 0 Å². The Morgan fingerprint density at radius 1 is 0.950 bits per heavy atom. The maximum atomic E-state index is 5.88. The third-order valence-corrected chi connectivity index (χ3v) is 3.02. The van der Waals surface area contributed by atoms with Crippen LogP contribution in [-0.4, -0.2) is 0 Å². The molecule has 0 saturated heterocycles. The minimum absolute atomic E-state index is 0.641. The molecule has 0 aliphatic carbocycles. The molecule has 2 nitrogen and oxygen atoms in total. The molecule has 0 saturated carbocycles. The van der Waals surface area contributed by atoms with Crippen LogP contribution in [0.3, 0.4) is 0 Å². The van der Waals surface area contributed by atoms with Gasteiger partial charge in [0.15, 0.2) is 0 Å². The van der Waals surface area contributed by atoms with Crippen LogP contribution < -0.4 is 5.55 Å². The summed E-state index contributed by atoms with van der Waals surface area (Å²) in [7, 11) is 0. The van der Waals surface area contributed by atoms with Crippen molar-refractivity contribution in [2.24, 2.45) is 4.99 Å². The zero-order valence-electron chi connectivity index (χ0n) is 11.3. The fraction of sp³-hybridized carbons (Fsp3) is 0.0556. The van der Waals surface area contributed by atoms with Gasteiger partial charge in [-0.1, -0.05) is 42.5 Å². The zero-order valence-corrected chi connectivity index (χ0v) is 11.3. The normalized spacial score (nSPS) is 12.3. The first-order valence-corrected chi connectivity index (χ1v) is 6.62. The Morgan fingerprint density at radius 3 is 2.50 bits per heavy atom. The molecule has 0 unspecified atom stereocenters. The van der Waals surface area contributed by atoms with Crippen LogP contribution in [0.25, 0.3) is 16.8 Å². The number of benzene rings is 2. The first-order chi connectivity index (χ1) is 9.86. The molecular weight excluding hydrogens is 246 g/mol. The standard InChI is InChI=1S/C18H15NO/c1-2-8-16-13-14-9-6-7-12-17(14)18(20-16)19-15-10-4-3-5-11-15/h2-13H,1H3/b8-2+,19-18?. The van der Waals surface area contributed by atoms with Crippen LogP contribution >= 0.6 is 0 Å². The molecule has 3 aromatic rings. The number of hydrogen-bond acceptors (Lipinski definition) is 2. The topological polar surface area (TPSA) is 25.5 Å². The number of fused-ring (bicyclic) bond motifs is 1. The van der Waals surface area contributed by atoms with Crippen LogP contribution in [0.1, 0.15) is 12.7 Å². The fourth-order valence-electron chi connectivity index (χ4n) is 2.12. The van der Waals surface area contributed by atoms with Gasteiger partial charge in [-0.25, -0.2) is 4.99 Å². The van der Waals surface area contributed by atoms with Gasteiger partial charge >= 0.3 is 0 Å². The molecule has 1 aromatic heterocycles. The number of rotatable bonds is 2. The summed E-state index contributed by atoms with van der Waals surface area (Å²) in [5.41, 5.74) is 1.53. The van der Waals surface area contributed by atoms with Crippen LogP contribution in [0.15, 0.2) is 76.1 Å². The summed E-state index contributed by atoms with van der Waals surface area (Å²) in [4.78, 5) is 4.61. The second-order valence-corrected chi connectivity index (χ2v) is 4.49. The van der Waals surface area contributed by atoms with Gasteiger partial charge in [0.1, 0.15) is 5.76 Å². The molecule has 3 rings (SSSR count). The van der Waals surface area contributed by atoms with E-state index in [2.05, 4.69) is 11.1 Å². The lowest BCUT2D eigenvalue weighted by Gasteiger charge is -2.01. The molecule has 2 aromatic carbocycles. The second-order valence-electron chi connectivity index (χ2n) is 4.49. The van der Waals surface area contributed by atoms with Gasteiger partial charge in [-0.3, -0.25) is 0 Å². The lowest BCUT2D eigenvalue weighted by molar-refractivity contribution is 0.496. The molecular formula is C18H15NO. The van der Waals surface area contributed by atoms with Gasteiger partial charge in [-0.05, 0) is 42.7 Å². The van der Waals surface area contributed by atoms with Gasteiger partial charge in [0.2, 0.25) is 5.55 Å². The molecule has 0 radical (unpaired) electrons. The largest absolute Gasteiger partial charge is 0.438 e. The summed E-state index contributed by atoms with van der Waals surface area (Å²) in [6.07, 6.45) is 3.90. The molecule has 0 N–H and O–H groups in total.